The Morgan fingerprint density at radius 2 is 2.20 bits per heavy atom. The third-order valence-corrected chi connectivity index (χ3v) is 3.23. The Morgan fingerprint density at radius 3 is 2.67 bits per heavy atom. The maximum Gasteiger partial charge on any atom is 0.265 e. The second-order valence-electron chi connectivity index (χ2n) is 2.72. The van der Waals surface area contributed by atoms with Gasteiger partial charge in [0.2, 0.25) is 0 Å². The minimum absolute atomic E-state index is 0.0713. The number of aromatic nitrogens is 1. The molecule has 0 saturated carbocycles. The van der Waals surface area contributed by atoms with Gasteiger partial charge in [-0.3, -0.25) is 4.98 Å². The minimum Gasteiger partial charge on any atom is -0.254 e. The fraction of sp³-hybridized carbons (Fsp3) is 0.333. The van der Waals surface area contributed by atoms with Gasteiger partial charge in [0.15, 0.2) is 0 Å². The van der Waals surface area contributed by atoms with E-state index >= 15 is 0 Å². The fourth-order valence-corrected chi connectivity index (χ4v) is 2.17. The van der Waals surface area contributed by atoms with E-state index in [1.54, 1.807) is 0 Å². The average molecular weight is 387 g/mol. The predicted molar refractivity (Wildman–Crippen MR) is 63.9 cm³/mol. The molecule has 1 aromatic heterocycles. The third-order valence-electron chi connectivity index (χ3n) is 1.77. The highest BCUT2D eigenvalue weighted by Crippen LogP contribution is 2.26. The fourth-order valence-electron chi connectivity index (χ4n) is 1.08. The van der Waals surface area contributed by atoms with Crippen LogP contribution in [0.1, 0.15) is 23.4 Å². The van der Waals surface area contributed by atoms with Crippen LogP contribution in [0.2, 0.25) is 0 Å². The van der Waals surface area contributed by atoms with E-state index in [4.69, 9.17) is 5.26 Å². The number of halogens is 4. The summed E-state index contributed by atoms with van der Waals surface area (Å²) >= 11 is 5.02. The van der Waals surface area contributed by atoms with Crippen molar-refractivity contribution in [2.45, 2.75) is 18.2 Å². The molecule has 1 heterocycles. The standard InChI is InChI=1S/C9H6BrF2IN2/c10-4-8-5(9(11)12)3-6(13)7(15-8)1-2-14/h3,9H,1,4H2. The van der Waals surface area contributed by atoms with Crippen LogP contribution in [-0.4, -0.2) is 4.98 Å². The van der Waals surface area contributed by atoms with Crippen LogP contribution in [0.4, 0.5) is 8.78 Å². The Kier molecular flexibility index (Phi) is 4.86. The molecule has 15 heavy (non-hydrogen) atoms. The number of rotatable bonds is 3. The van der Waals surface area contributed by atoms with Crippen molar-refractivity contribution in [1.29, 1.82) is 5.26 Å². The van der Waals surface area contributed by atoms with Crippen LogP contribution in [-0.2, 0) is 11.8 Å². The first kappa shape index (κ1) is 12.8. The van der Waals surface area contributed by atoms with E-state index < -0.39 is 6.43 Å². The normalized spacial score (nSPS) is 10.4. The van der Waals surface area contributed by atoms with Crippen molar-refractivity contribution in [3.05, 3.63) is 26.6 Å². The molecule has 1 aromatic rings. The Labute approximate surface area is 108 Å². The molecule has 2 nitrogen and oxygen atoms in total. The Bertz CT molecular complexity index is 404. The largest absolute Gasteiger partial charge is 0.265 e. The van der Waals surface area contributed by atoms with Crippen LogP contribution in [0, 0.1) is 14.9 Å². The van der Waals surface area contributed by atoms with E-state index in [2.05, 4.69) is 20.9 Å². The van der Waals surface area contributed by atoms with E-state index in [-0.39, 0.29) is 17.3 Å². The SMILES string of the molecule is N#CCc1nc(CBr)c(C(F)F)cc1I. The number of hydrogen-bond donors (Lipinski definition) is 0. The molecule has 0 atom stereocenters. The van der Waals surface area contributed by atoms with Gasteiger partial charge in [0.05, 0.1) is 23.9 Å². The maximum absolute atomic E-state index is 12.6. The van der Waals surface area contributed by atoms with Gasteiger partial charge in [0, 0.05) is 14.5 Å². The van der Waals surface area contributed by atoms with Crippen LogP contribution < -0.4 is 0 Å². The number of nitriles is 1. The van der Waals surface area contributed by atoms with E-state index in [9.17, 15) is 8.78 Å². The minimum atomic E-state index is -2.53. The van der Waals surface area contributed by atoms with Crippen LogP contribution in [0.15, 0.2) is 6.07 Å². The Hall–Kier alpha value is -0.290. The van der Waals surface area contributed by atoms with Gasteiger partial charge in [-0.05, 0) is 28.7 Å². The molecule has 0 aliphatic carbocycles. The van der Waals surface area contributed by atoms with E-state index in [0.29, 0.717) is 15.0 Å². The first-order chi connectivity index (χ1) is 7.10. The lowest BCUT2D eigenvalue weighted by molar-refractivity contribution is 0.150. The highest BCUT2D eigenvalue weighted by molar-refractivity contribution is 14.1. The molecular weight excluding hydrogens is 381 g/mol. The highest BCUT2D eigenvalue weighted by atomic mass is 127. The number of nitrogens with zero attached hydrogens (tertiary/aromatic N) is 2. The molecule has 0 bridgehead atoms. The molecule has 0 aromatic carbocycles. The molecular formula is C9H6BrF2IN2. The monoisotopic (exact) mass is 386 g/mol. The van der Waals surface area contributed by atoms with Gasteiger partial charge < -0.3 is 0 Å². The molecule has 1 rings (SSSR count). The van der Waals surface area contributed by atoms with Gasteiger partial charge in [0.1, 0.15) is 0 Å². The molecule has 0 saturated heterocycles. The first-order valence-corrected chi connectivity index (χ1v) is 6.19. The van der Waals surface area contributed by atoms with Crippen molar-refractivity contribution in [2.75, 3.05) is 0 Å². The van der Waals surface area contributed by atoms with Gasteiger partial charge in [-0.15, -0.1) is 0 Å². The quantitative estimate of drug-likeness (QED) is 0.588. The summed E-state index contributed by atoms with van der Waals surface area (Å²) in [5.74, 6) is 0. The molecule has 0 amide bonds. The number of alkyl halides is 3. The van der Waals surface area contributed by atoms with Crippen LogP contribution >= 0.6 is 38.5 Å². The molecule has 0 aliphatic rings. The lowest BCUT2D eigenvalue weighted by Crippen LogP contribution is -2.02. The second-order valence-corrected chi connectivity index (χ2v) is 4.44. The molecule has 0 N–H and O–H groups in total. The van der Waals surface area contributed by atoms with E-state index in [1.807, 2.05) is 28.7 Å². The molecule has 0 spiro atoms. The average Bonchev–Trinajstić information content (AvgIpc) is 2.20. The lowest BCUT2D eigenvalue weighted by atomic mass is 10.2. The van der Waals surface area contributed by atoms with Crippen molar-refractivity contribution in [3.63, 3.8) is 0 Å². The molecule has 80 valence electrons. The summed E-state index contributed by atoms with van der Waals surface area (Å²) in [7, 11) is 0. The molecule has 6 heteroatoms. The molecule has 0 fully saturated rings. The lowest BCUT2D eigenvalue weighted by Gasteiger charge is -2.08. The van der Waals surface area contributed by atoms with Crippen LogP contribution in [0.5, 0.6) is 0 Å². The number of hydrogen-bond acceptors (Lipinski definition) is 2. The van der Waals surface area contributed by atoms with E-state index in [0.717, 1.165) is 0 Å². The van der Waals surface area contributed by atoms with Crippen LogP contribution in [0.3, 0.4) is 0 Å². The van der Waals surface area contributed by atoms with Crippen molar-refractivity contribution >= 4 is 38.5 Å². The summed E-state index contributed by atoms with van der Waals surface area (Å²) in [5, 5.41) is 8.80. The smallest absolute Gasteiger partial charge is 0.254 e. The summed E-state index contributed by atoms with van der Waals surface area (Å²) in [6.45, 7) is 0. The second kappa shape index (κ2) is 5.70. The molecule has 0 radical (unpaired) electrons. The zero-order valence-corrected chi connectivity index (χ0v) is 11.2. The van der Waals surface area contributed by atoms with E-state index in [1.165, 1.54) is 6.07 Å². The zero-order valence-electron chi connectivity index (χ0n) is 7.48. The molecule has 0 aliphatic heterocycles. The summed E-state index contributed by atoms with van der Waals surface area (Å²) in [5.41, 5.74) is 0.783. The van der Waals surface area contributed by atoms with Crippen molar-refractivity contribution in [2.24, 2.45) is 0 Å². The van der Waals surface area contributed by atoms with Gasteiger partial charge >= 0.3 is 0 Å². The summed E-state index contributed by atoms with van der Waals surface area (Å²) in [4.78, 5) is 4.04. The Morgan fingerprint density at radius 1 is 1.53 bits per heavy atom. The highest BCUT2D eigenvalue weighted by Gasteiger charge is 2.16. The summed E-state index contributed by atoms with van der Waals surface area (Å²) in [6.07, 6.45) is -2.39. The van der Waals surface area contributed by atoms with Gasteiger partial charge in [-0.2, -0.15) is 5.26 Å². The summed E-state index contributed by atoms with van der Waals surface area (Å²) < 4.78 is 25.8. The topological polar surface area (TPSA) is 36.7 Å². The van der Waals surface area contributed by atoms with Crippen molar-refractivity contribution in [1.82, 2.24) is 4.98 Å². The predicted octanol–water partition coefficient (Wildman–Crippen LogP) is 3.58. The van der Waals surface area contributed by atoms with Crippen LogP contribution in [0.25, 0.3) is 0 Å². The Balaban J connectivity index is 3.24. The zero-order chi connectivity index (χ0) is 11.4. The van der Waals surface area contributed by atoms with Crippen molar-refractivity contribution < 1.29 is 8.78 Å². The van der Waals surface area contributed by atoms with Gasteiger partial charge in [-0.1, -0.05) is 15.9 Å². The summed E-state index contributed by atoms with van der Waals surface area (Å²) in [6, 6.07) is 3.35. The molecule has 0 unspecified atom stereocenters. The first-order valence-electron chi connectivity index (χ1n) is 3.99. The third kappa shape index (κ3) is 3.08. The van der Waals surface area contributed by atoms with Gasteiger partial charge in [0.25, 0.3) is 6.43 Å². The number of pyridine rings is 1. The van der Waals surface area contributed by atoms with Crippen molar-refractivity contribution in [3.8, 4) is 6.07 Å². The van der Waals surface area contributed by atoms with Gasteiger partial charge in [-0.25, -0.2) is 8.78 Å². The maximum atomic E-state index is 12.6.